The normalized spacial score (nSPS) is 16.5. The van der Waals surface area contributed by atoms with Gasteiger partial charge in [-0.25, -0.2) is 0 Å². The second-order valence-electron chi connectivity index (χ2n) is 6.05. The molecule has 0 saturated carbocycles. The number of nitrogens with zero attached hydrogens (tertiary/aromatic N) is 2. The molecule has 0 radical (unpaired) electrons. The summed E-state index contributed by atoms with van der Waals surface area (Å²) in [5.41, 5.74) is 8.28. The van der Waals surface area contributed by atoms with Gasteiger partial charge in [0.25, 0.3) is 0 Å². The van der Waals surface area contributed by atoms with Crippen molar-refractivity contribution in [1.29, 1.82) is 0 Å². The van der Waals surface area contributed by atoms with Crippen molar-refractivity contribution in [3.8, 4) is 0 Å². The van der Waals surface area contributed by atoms with Crippen molar-refractivity contribution in [1.82, 2.24) is 4.90 Å². The Labute approximate surface area is 157 Å². The molecule has 2 rings (SSSR count). The first-order valence-corrected chi connectivity index (χ1v) is 8.66. The third kappa shape index (κ3) is 8.01. The zero-order chi connectivity index (χ0) is 15.6. The predicted molar refractivity (Wildman–Crippen MR) is 111 cm³/mol. The second-order valence-corrected chi connectivity index (χ2v) is 6.05. The van der Waals surface area contributed by atoms with Crippen LogP contribution in [0.15, 0.2) is 29.3 Å². The van der Waals surface area contributed by atoms with E-state index in [1.807, 2.05) is 0 Å². The summed E-state index contributed by atoms with van der Waals surface area (Å²) in [6.07, 6.45) is 7.61. The Morgan fingerprint density at radius 3 is 2.39 bits per heavy atom. The second kappa shape index (κ2) is 11.7. The Balaban J connectivity index is 0.00000264. The lowest BCUT2D eigenvalue weighted by Gasteiger charge is -2.18. The summed E-state index contributed by atoms with van der Waals surface area (Å²) in [6.45, 7) is 6.59. The minimum atomic E-state index is 0. The summed E-state index contributed by atoms with van der Waals surface area (Å²) in [6, 6.07) is 8.35. The lowest BCUT2D eigenvalue weighted by Crippen LogP contribution is -2.27. The first-order valence-electron chi connectivity index (χ1n) is 8.66. The molecule has 0 bridgehead atoms. The molecule has 1 fully saturated rings. The van der Waals surface area contributed by atoms with Crippen LogP contribution in [0.25, 0.3) is 0 Å². The van der Waals surface area contributed by atoms with Crippen molar-refractivity contribution < 1.29 is 0 Å². The Morgan fingerprint density at radius 1 is 1.13 bits per heavy atom. The van der Waals surface area contributed by atoms with Crippen LogP contribution < -0.4 is 11.1 Å². The van der Waals surface area contributed by atoms with E-state index < -0.39 is 0 Å². The predicted octanol–water partition coefficient (Wildman–Crippen LogP) is 3.86. The zero-order valence-corrected chi connectivity index (χ0v) is 16.6. The molecule has 0 unspecified atom stereocenters. The van der Waals surface area contributed by atoms with E-state index in [1.165, 1.54) is 44.3 Å². The first kappa shape index (κ1) is 20.2. The molecule has 1 aliphatic rings. The average Bonchev–Trinajstić information content (AvgIpc) is 2.81. The molecule has 0 spiro atoms. The van der Waals surface area contributed by atoms with Gasteiger partial charge in [0.05, 0.1) is 0 Å². The number of guanidine groups is 1. The van der Waals surface area contributed by atoms with Gasteiger partial charge in [-0.05, 0) is 63.0 Å². The van der Waals surface area contributed by atoms with E-state index in [0.29, 0.717) is 5.96 Å². The SMILES string of the molecule is CCc1ccc(NC(N)=NCCCN2CCCCCC2)cc1.I. The average molecular weight is 430 g/mol. The number of halogens is 1. The summed E-state index contributed by atoms with van der Waals surface area (Å²) in [7, 11) is 0. The number of likely N-dealkylation sites (tertiary alicyclic amines) is 1. The third-order valence-electron chi connectivity index (χ3n) is 4.25. The topological polar surface area (TPSA) is 53.6 Å². The molecule has 1 saturated heterocycles. The van der Waals surface area contributed by atoms with Crippen molar-refractivity contribution in [2.45, 2.75) is 45.4 Å². The van der Waals surface area contributed by atoms with E-state index in [9.17, 15) is 0 Å². The van der Waals surface area contributed by atoms with E-state index in [1.54, 1.807) is 0 Å². The number of aryl methyl sites for hydroxylation is 1. The van der Waals surface area contributed by atoms with Gasteiger partial charge in [-0.2, -0.15) is 0 Å². The largest absolute Gasteiger partial charge is 0.370 e. The smallest absolute Gasteiger partial charge is 0.193 e. The molecule has 1 aromatic carbocycles. The van der Waals surface area contributed by atoms with Crippen LogP contribution in [0.2, 0.25) is 0 Å². The first-order chi connectivity index (χ1) is 10.8. The highest BCUT2D eigenvalue weighted by Crippen LogP contribution is 2.10. The van der Waals surface area contributed by atoms with Crippen LogP contribution in [0.1, 0.15) is 44.6 Å². The molecule has 1 aromatic rings. The van der Waals surface area contributed by atoms with E-state index in [4.69, 9.17) is 5.73 Å². The highest BCUT2D eigenvalue weighted by molar-refractivity contribution is 14.0. The van der Waals surface area contributed by atoms with E-state index in [2.05, 4.69) is 46.4 Å². The molecule has 0 atom stereocenters. The summed E-state index contributed by atoms with van der Waals surface area (Å²) >= 11 is 0. The monoisotopic (exact) mass is 430 g/mol. The number of hydrogen-bond acceptors (Lipinski definition) is 2. The van der Waals surface area contributed by atoms with Gasteiger partial charge in [0.1, 0.15) is 0 Å². The van der Waals surface area contributed by atoms with Crippen LogP contribution in [0.3, 0.4) is 0 Å². The molecule has 5 heteroatoms. The number of nitrogens with one attached hydrogen (secondary N) is 1. The van der Waals surface area contributed by atoms with Crippen LogP contribution >= 0.6 is 24.0 Å². The molecule has 0 amide bonds. The van der Waals surface area contributed by atoms with Crippen molar-refractivity contribution in [3.05, 3.63) is 29.8 Å². The number of aliphatic imine (C=N–C) groups is 1. The molecule has 1 aliphatic heterocycles. The fraction of sp³-hybridized carbons (Fsp3) is 0.611. The maximum absolute atomic E-state index is 5.95. The number of hydrogen-bond donors (Lipinski definition) is 2. The van der Waals surface area contributed by atoms with Gasteiger partial charge in [-0.1, -0.05) is 31.9 Å². The molecule has 130 valence electrons. The zero-order valence-electron chi connectivity index (χ0n) is 14.3. The summed E-state index contributed by atoms with van der Waals surface area (Å²) in [5.74, 6) is 0.514. The van der Waals surface area contributed by atoms with Crippen LogP contribution in [0.4, 0.5) is 5.69 Å². The van der Waals surface area contributed by atoms with Crippen LogP contribution in [0, 0.1) is 0 Å². The molecule has 0 aliphatic carbocycles. The minimum Gasteiger partial charge on any atom is -0.370 e. The Morgan fingerprint density at radius 2 is 1.78 bits per heavy atom. The Kier molecular flexibility index (Phi) is 10.3. The van der Waals surface area contributed by atoms with Crippen LogP contribution in [0.5, 0.6) is 0 Å². The number of nitrogens with two attached hydrogens (primary N) is 1. The lowest BCUT2D eigenvalue weighted by atomic mass is 10.1. The molecule has 0 aromatic heterocycles. The maximum atomic E-state index is 5.95. The van der Waals surface area contributed by atoms with Gasteiger partial charge in [0.2, 0.25) is 0 Å². The van der Waals surface area contributed by atoms with Gasteiger partial charge in [-0.15, -0.1) is 24.0 Å². The third-order valence-corrected chi connectivity index (χ3v) is 4.25. The standard InChI is InChI=1S/C18H30N4.HI/c1-2-16-8-10-17(11-9-16)21-18(19)20-12-7-15-22-13-5-3-4-6-14-22;/h8-11H,2-7,12-15H2,1H3,(H3,19,20,21);1H. The molecule has 23 heavy (non-hydrogen) atoms. The number of rotatable bonds is 6. The van der Waals surface area contributed by atoms with Gasteiger partial charge in [0.15, 0.2) is 5.96 Å². The van der Waals surface area contributed by atoms with E-state index in [0.717, 1.165) is 31.6 Å². The van der Waals surface area contributed by atoms with Gasteiger partial charge < -0.3 is 16.0 Å². The molecular formula is C18H31IN4. The maximum Gasteiger partial charge on any atom is 0.193 e. The van der Waals surface area contributed by atoms with E-state index in [-0.39, 0.29) is 24.0 Å². The van der Waals surface area contributed by atoms with Gasteiger partial charge in [-0.3, -0.25) is 4.99 Å². The molecule has 3 N–H and O–H groups in total. The van der Waals surface area contributed by atoms with Crippen molar-refractivity contribution in [3.63, 3.8) is 0 Å². The van der Waals surface area contributed by atoms with Crippen LogP contribution in [-0.4, -0.2) is 37.0 Å². The van der Waals surface area contributed by atoms with Crippen LogP contribution in [-0.2, 0) is 6.42 Å². The molecule has 1 heterocycles. The number of benzene rings is 1. The summed E-state index contributed by atoms with van der Waals surface area (Å²) in [4.78, 5) is 6.99. The highest BCUT2D eigenvalue weighted by atomic mass is 127. The fourth-order valence-electron chi connectivity index (χ4n) is 2.86. The quantitative estimate of drug-likeness (QED) is 0.312. The molecular weight excluding hydrogens is 399 g/mol. The fourth-order valence-corrected chi connectivity index (χ4v) is 2.86. The Hall–Kier alpha value is -0.820. The van der Waals surface area contributed by atoms with Gasteiger partial charge >= 0.3 is 0 Å². The lowest BCUT2D eigenvalue weighted by molar-refractivity contribution is 0.283. The van der Waals surface area contributed by atoms with Crippen molar-refractivity contribution in [2.24, 2.45) is 10.7 Å². The van der Waals surface area contributed by atoms with Crippen molar-refractivity contribution >= 4 is 35.6 Å². The minimum absolute atomic E-state index is 0. The van der Waals surface area contributed by atoms with E-state index >= 15 is 0 Å². The Bertz CT molecular complexity index is 451. The summed E-state index contributed by atoms with van der Waals surface area (Å²) < 4.78 is 0. The highest BCUT2D eigenvalue weighted by Gasteiger charge is 2.07. The molecule has 4 nitrogen and oxygen atoms in total. The number of anilines is 1. The van der Waals surface area contributed by atoms with Gasteiger partial charge in [0, 0.05) is 12.2 Å². The summed E-state index contributed by atoms with van der Waals surface area (Å²) in [5, 5.41) is 3.16. The van der Waals surface area contributed by atoms with Crippen molar-refractivity contribution in [2.75, 3.05) is 31.5 Å².